The minimum absolute atomic E-state index is 0. The highest BCUT2D eigenvalue weighted by molar-refractivity contribution is 6.06. The molecule has 5 N–H and O–H groups in total. The average molecular weight is 329 g/mol. The third-order valence-corrected chi connectivity index (χ3v) is 4.24. The van der Waals surface area contributed by atoms with Crippen molar-refractivity contribution in [1.82, 2.24) is 10.5 Å². The Kier molecular flexibility index (Phi) is 5.08. The minimum atomic E-state index is -0.658. The van der Waals surface area contributed by atoms with Crippen molar-refractivity contribution in [3.05, 3.63) is 17.0 Å². The van der Waals surface area contributed by atoms with E-state index in [2.05, 4.69) is 10.5 Å². The van der Waals surface area contributed by atoms with Crippen LogP contribution in [-0.2, 0) is 0 Å². The first-order valence-corrected chi connectivity index (χ1v) is 7.42. The second-order valence-electron chi connectivity index (χ2n) is 5.99. The van der Waals surface area contributed by atoms with E-state index in [9.17, 15) is 9.59 Å². The Hall–Kier alpha value is -1.60. The summed E-state index contributed by atoms with van der Waals surface area (Å²) in [5.41, 5.74) is 11.4. The molecular formula is C14H21ClN4O3. The first-order chi connectivity index (χ1) is 10.1. The zero-order chi connectivity index (χ0) is 15.0. The number of hydrogen-bond donors (Lipinski definition) is 3. The van der Waals surface area contributed by atoms with Crippen LogP contribution >= 0.6 is 12.4 Å². The lowest BCUT2D eigenvalue weighted by atomic mass is 9.91. The van der Waals surface area contributed by atoms with Gasteiger partial charge in [0.25, 0.3) is 11.8 Å². The molecule has 0 radical (unpaired) electrons. The molecule has 122 valence electrons. The minimum Gasteiger partial charge on any atom is -0.365 e. The van der Waals surface area contributed by atoms with Gasteiger partial charge in [-0.3, -0.25) is 9.59 Å². The highest BCUT2D eigenvalue weighted by Gasteiger charge is 2.36. The Bertz CT molecular complexity index is 562. The summed E-state index contributed by atoms with van der Waals surface area (Å²) in [5, 5.41) is 6.67. The highest BCUT2D eigenvalue weighted by atomic mass is 35.5. The summed E-state index contributed by atoms with van der Waals surface area (Å²) in [6.07, 6.45) is 5.34. The van der Waals surface area contributed by atoms with Crippen LogP contribution in [0.25, 0.3) is 0 Å². The van der Waals surface area contributed by atoms with Crippen molar-refractivity contribution in [3.63, 3.8) is 0 Å². The summed E-state index contributed by atoms with van der Waals surface area (Å²) in [7, 11) is 0. The summed E-state index contributed by atoms with van der Waals surface area (Å²) in [4.78, 5) is 23.9. The zero-order valence-electron chi connectivity index (χ0n) is 12.2. The Labute approximate surface area is 134 Å². The lowest BCUT2D eigenvalue weighted by Crippen LogP contribution is -2.41. The summed E-state index contributed by atoms with van der Waals surface area (Å²) < 4.78 is 5.18. The van der Waals surface area contributed by atoms with Gasteiger partial charge in [-0.25, -0.2) is 0 Å². The van der Waals surface area contributed by atoms with E-state index in [-0.39, 0.29) is 47.6 Å². The molecule has 1 aromatic rings. The summed E-state index contributed by atoms with van der Waals surface area (Å²) >= 11 is 0. The van der Waals surface area contributed by atoms with E-state index < -0.39 is 5.91 Å². The first-order valence-electron chi connectivity index (χ1n) is 7.42. The van der Waals surface area contributed by atoms with E-state index in [1.807, 2.05) is 0 Å². The van der Waals surface area contributed by atoms with Gasteiger partial charge in [0.1, 0.15) is 5.56 Å². The SMILES string of the molecule is Cl.NC(=O)c1c(C(=O)NC2CCC(N)CC2)noc1C1CC1. The van der Waals surface area contributed by atoms with Crippen LogP contribution in [-0.4, -0.2) is 29.1 Å². The molecule has 22 heavy (non-hydrogen) atoms. The van der Waals surface area contributed by atoms with Crippen LogP contribution in [0.15, 0.2) is 4.52 Å². The number of nitrogens with zero attached hydrogens (tertiary/aromatic N) is 1. The molecule has 0 saturated heterocycles. The monoisotopic (exact) mass is 328 g/mol. The van der Waals surface area contributed by atoms with Crippen LogP contribution in [0.4, 0.5) is 0 Å². The van der Waals surface area contributed by atoms with Gasteiger partial charge in [0.05, 0.1) is 0 Å². The van der Waals surface area contributed by atoms with Gasteiger partial charge in [0.15, 0.2) is 11.5 Å². The zero-order valence-corrected chi connectivity index (χ0v) is 13.0. The van der Waals surface area contributed by atoms with Crippen molar-refractivity contribution in [2.75, 3.05) is 0 Å². The van der Waals surface area contributed by atoms with Gasteiger partial charge in [0.2, 0.25) is 0 Å². The molecular weight excluding hydrogens is 308 g/mol. The molecule has 7 nitrogen and oxygen atoms in total. The summed E-state index contributed by atoms with van der Waals surface area (Å²) in [5.74, 6) is -0.415. The Morgan fingerprint density at radius 1 is 1.14 bits per heavy atom. The number of primary amides is 1. The predicted molar refractivity (Wildman–Crippen MR) is 81.9 cm³/mol. The molecule has 0 bridgehead atoms. The van der Waals surface area contributed by atoms with Crippen molar-refractivity contribution in [2.24, 2.45) is 11.5 Å². The van der Waals surface area contributed by atoms with E-state index in [4.69, 9.17) is 16.0 Å². The maximum absolute atomic E-state index is 12.3. The lowest BCUT2D eigenvalue weighted by Gasteiger charge is -2.26. The van der Waals surface area contributed by atoms with E-state index >= 15 is 0 Å². The maximum atomic E-state index is 12.3. The number of carbonyl (C=O) groups is 2. The smallest absolute Gasteiger partial charge is 0.274 e. The quantitative estimate of drug-likeness (QED) is 0.762. The number of carbonyl (C=O) groups excluding carboxylic acids is 2. The molecule has 3 rings (SSSR count). The predicted octanol–water partition coefficient (Wildman–Crippen LogP) is 1.07. The average Bonchev–Trinajstić information content (AvgIpc) is 3.19. The van der Waals surface area contributed by atoms with Crippen molar-refractivity contribution in [2.45, 2.75) is 56.5 Å². The van der Waals surface area contributed by atoms with E-state index in [1.54, 1.807) is 0 Å². The first kappa shape index (κ1) is 16.8. The molecule has 2 saturated carbocycles. The fourth-order valence-corrected chi connectivity index (χ4v) is 2.84. The molecule has 2 amide bonds. The highest BCUT2D eigenvalue weighted by Crippen LogP contribution is 2.42. The molecule has 2 aliphatic carbocycles. The van der Waals surface area contributed by atoms with Gasteiger partial charge >= 0.3 is 0 Å². The second kappa shape index (κ2) is 6.66. The molecule has 2 fully saturated rings. The summed E-state index contributed by atoms with van der Waals surface area (Å²) in [6.45, 7) is 0. The van der Waals surface area contributed by atoms with Crippen molar-refractivity contribution < 1.29 is 14.1 Å². The standard InChI is InChI=1S/C14H20N4O3.ClH/c15-8-3-5-9(6-4-8)17-14(20)11-10(13(16)19)12(21-18-11)7-1-2-7;/h7-9H,1-6,15H2,(H2,16,19)(H,17,20);1H. The normalized spacial score (nSPS) is 24.4. The van der Waals surface area contributed by atoms with Crippen LogP contribution in [0.1, 0.15) is 71.0 Å². The van der Waals surface area contributed by atoms with E-state index in [0.717, 1.165) is 38.5 Å². The van der Waals surface area contributed by atoms with Crippen LogP contribution in [0.5, 0.6) is 0 Å². The van der Waals surface area contributed by atoms with Crippen molar-refractivity contribution in [1.29, 1.82) is 0 Å². The molecule has 0 unspecified atom stereocenters. The number of rotatable bonds is 4. The van der Waals surface area contributed by atoms with Crippen molar-refractivity contribution >= 4 is 24.2 Å². The Balaban J connectivity index is 0.00000176. The molecule has 1 heterocycles. The molecule has 1 aromatic heterocycles. The molecule has 0 spiro atoms. The van der Waals surface area contributed by atoms with E-state index in [0.29, 0.717) is 5.76 Å². The molecule has 2 aliphatic rings. The number of halogens is 1. The van der Waals surface area contributed by atoms with Crippen molar-refractivity contribution in [3.8, 4) is 0 Å². The molecule has 0 aliphatic heterocycles. The van der Waals surface area contributed by atoms with Crippen LogP contribution in [0, 0.1) is 0 Å². The third-order valence-electron chi connectivity index (χ3n) is 4.24. The molecule has 0 atom stereocenters. The largest absolute Gasteiger partial charge is 0.365 e. The van der Waals surface area contributed by atoms with Gasteiger partial charge < -0.3 is 21.3 Å². The Morgan fingerprint density at radius 2 is 1.77 bits per heavy atom. The molecule has 8 heteroatoms. The summed E-state index contributed by atoms with van der Waals surface area (Å²) in [6, 6.07) is 0.284. The van der Waals surface area contributed by atoms with Gasteiger partial charge in [-0.05, 0) is 38.5 Å². The topological polar surface area (TPSA) is 124 Å². The fourth-order valence-electron chi connectivity index (χ4n) is 2.84. The van der Waals surface area contributed by atoms with Gasteiger partial charge in [-0.1, -0.05) is 5.16 Å². The lowest BCUT2D eigenvalue weighted by molar-refractivity contribution is 0.0905. The maximum Gasteiger partial charge on any atom is 0.274 e. The van der Waals surface area contributed by atoms with Gasteiger partial charge in [-0.2, -0.15) is 0 Å². The third kappa shape index (κ3) is 3.41. The van der Waals surface area contributed by atoms with Gasteiger partial charge in [-0.15, -0.1) is 12.4 Å². The Morgan fingerprint density at radius 3 is 2.32 bits per heavy atom. The van der Waals surface area contributed by atoms with Crippen LogP contribution in [0.2, 0.25) is 0 Å². The second-order valence-corrected chi connectivity index (χ2v) is 5.99. The number of hydrogen-bond acceptors (Lipinski definition) is 5. The fraction of sp³-hybridized carbons (Fsp3) is 0.643. The molecule has 0 aromatic carbocycles. The van der Waals surface area contributed by atoms with Crippen LogP contribution < -0.4 is 16.8 Å². The number of nitrogens with two attached hydrogens (primary N) is 2. The number of amides is 2. The van der Waals surface area contributed by atoms with Crippen LogP contribution in [0.3, 0.4) is 0 Å². The number of aromatic nitrogens is 1. The number of nitrogens with one attached hydrogen (secondary N) is 1. The van der Waals surface area contributed by atoms with Gasteiger partial charge in [0, 0.05) is 18.0 Å². The van der Waals surface area contributed by atoms with E-state index in [1.165, 1.54) is 0 Å².